The number of carbonyl (C=O) groups is 1. The fourth-order valence-electron chi connectivity index (χ4n) is 5.35. The highest BCUT2D eigenvalue weighted by atomic mass is 35.5. The molecule has 2 aliphatic heterocycles. The maximum absolute atomic E-state index is 13.4. The molecule has 1 amide bonds. The summed E-state index contributed by atoms with van der Waals surface area (Å²) in [7, 11) is 1.67. The number of nitriles is 1. The van der Waals surface area contributed by atoms with E-state index >= 15 is 0 Å². The molecule has 2 fully saturated rings. The van der Waals surface area contributed by atoms with E-state index < -0.39 is 0 Å². The molecule has 39 heavy (non-hydrogen) atoms. The Hall–Kier alpha value is -3.45. The lowest BCUT2D eigenvalue weighted by Gasteiger charge is -2.25. The molecule has 2 saturated heterocycles. The van der Waals surface area contributed by atoms with E-state index in [0.717, 1.165) is 70.0 Å². The minimum Gasteiger partial charge on any atom is -0.381 e. The van der Waals surface area contributed by atoms with Gasteiger partial charge < -0.3 is 19.4 Å². The molecule has 1 aromatic heterocycles. The highest BCUT2D eigenvalue weighted by molar-refractivity contribution is 6.31. The van der Waals surface area contributed by atoms with E-state index in [-0.39, 0.29) is 18.0 Å². The summed E-state index contributed by atoms with van der Waals surface area (Å²) in [5.41, 5.74) is 2.53. The van der Waals surface area contributed by atoms with Gasteiger partial charge in [0.25, 0.3) is 5.56 Å². The van der Waals surface area contributed by atoms with E-state index in [1.807, 2.05) is 18.2 Å². The Bertz CT molecular complexity index is 1450. The number of halogens is 1. The van der Waals surface area contributed by atoms with E-state index in [9.17, 15) is 14.9 Å². The number of amides is 1. The van der Waals surface area contributed by atoms with Gasteiger partial charge in [-0.2, -0.15) is 5.26 Å². The molecular formula is C29H33ClN6O3. The zero-order valence-corrected chi connectivity index (χ0v) is 22.9. The standard InChI is InChI=1S/C29H33ClN6O3/c1-33(16-21-3-5-26(30)23(13-21)15-31)28(37)18-36-20-32-27-6-4-24(14-25(27)29(36)38)35-9-2-8-34(10-11-35)17-22-7-12-39-19-22/h3-6,13-14,20,22H,2,7-12,16-19H2,1H3. The van der Waals surface area contributed by atoms with Gasteiger partial charge in [0, 0.05) is 52.1 Å². The van der Waals surface area contributed by atoms with Crippen LogP contribution in [0.1, 0.15) is 24.0 Å². The Balaban J connectivity index is 1.27. The first-order valence-corrected chi connectivity index (χ1v) is 13.8. The Labute approximate surface area is 233 Å². The fraction of sp³-hybridized carbons (Fsp3) is 0.448. The molecular weight excluding hydrogens is 516 g/mol. The molecule has 1 atom stereocenters. The topological polar surface area (TPSA) is 94.7 Å². The number of anilines is 1. The predicted octanol–water partition coefficient (Wildman–Crippen LogP) is 3.13. The summed E-state index contributed by atoms with van der Waals surface area (Å²) in [6.45, 7) is 6.88. The second-order valence-corrected chi connectivity index (χ2v) is 10.8. The van der Waals surface area contributed by atoms with E-state index in [2.05, 4.69) is 20.9 Å². The first-order valence-electron chi connectivity index (χ1n) is 13.4. The summed E-state index contributed by atoms with van der Waals surface area (Å²) in [4.78, 5) is 37.2. The minimum absolute atomic E-state index is 0.120. The Kier molecular flexibility index (Phi) is 8.46. The van der Waals surface area contributed by atoms with E-state index in [0.29, 0.717) is 34.0 Å². The van der Waals surface area contributed by atoms with Crippen molar-refractivity contribution in [3.8, 4) is 6.07 Å². The van der Waals surface area contributed by atoms with Crippen LogP contribution in [-0.4, -0.2) is 78.2 Å². The Morgan fingerprint density at radius 1 is 1.21 bits per heavy atom. The van der Waals surface area contributed by atoms with Gasteiger partial charge in [-0.3, -0.25) is 14.2 Å². The van der Waals surface area contributed by atoms with E-state index in [1.165, 1.54) is 15.8 Å². The molecule has 2 aromatic carbocycles. The molecule has 0 spiro atoms. The van der Waals surface area contributed by atoms with Gasteiger partial charge in [-0.25, -0.2) is 4.98 Å². The zero-order chi connectivity index (χ0) is 27.4. The number of fused-ring (bicyclic) bond motifs is 1. The molecule has 0 bridgehead atoms. The molecule has 5 rings (SSSR count). The van der Waals surface area contributed by atoms with Crippen LogP contribution in [-0.2, 0) is 22.6 Å². The van der Waals surface area contributed by atoms with Crippen molar-refractivity contribution in [3.63, 3.8) is 0 Å². The zero-order valence-electron chi connectivity index (χ0n) is 22.2. The van der Waals surface area contributed by atoms with E-state index in [1.54, 1.807) is 25.2 Å². The molecule has 0 radical (unpaired) electrons. The number of benzene rings is 2. The van der Waals surface area contributed by atoms with Gasteiger partial charge in [-0.05, 0) is 61.2 Å². The lowest BCUT2D eigenvalue weighted by molar-refractivity contribution is -0.131. The number of likely N-dealkylation sites (N-methyl/N-ethyl adjacent to an activating group) is 1. The van der Waals surface area contributed by atoms with Crippen molar-refractivity contribution in [2.75, 3.05) is 57.9 Å². The molecule has 3 heterocycles. The molecule has 1 unspecified atom stereocenters. The highest BCUT2D eigenvalue weighted by Crippen LogP contribution is 2.22. The van der Waals surface area contributed by atoms with Crippen LogP contribution in [0.2, 0.25) is 5.02 Å². The van der Waals surface area contributed by atoms with Gasteiger partial charge in [0.2, 0.25) is 5.91 Å². The average Bonchev–Trinajstić information content (AvgIpc) is 3.34. The predicted molar refractivity (Wildman–Crippen MR) is 151 cm³/mol. The molecule has 0 aliphatic carbocycles. The third kappa shape index (κ3) is 6.41. The molecule has 0 N–H and O–H groups in total. The minimum atomic E-state index is -0.237. The van der Waals surface area contributed by atoms with Gasteiger partial charge >= 0.3 is 0 Å². The smallest absolute Gasteiger partial charge is 0.261 e. The second-order valence-electron chi connectivity index (χ2n) is 10.4. The number of hydrogen-bond acceptors (Lipinski definition) is 7. The van der Waals surface area contributed by atoms with Crippen molar-refractivity contribution in [2.24, 2.45) is 5.92 Å². The summed E-state index contributed by atoms with van der Waals surface area (Å²) in [5.74, 6) is 0.396. The first-order chi connectivity index (χ1) is 18.9. The van der Waals surface area contributed by atoms with Crippen molar-refractivity contribution in [1.82, 2.24) is 19.4 Å². The van der Waals surface area contributed by atoms with Gasteiger partial charge in [-0.1, -0.05) is 17.7 Å². The summed E-state index contributed by atoms with van der Waals surface area (Å²) in [5, 5.41) is 10.1. The summed E-state index contributed by atoms with van der Waals surface area (Å²) in [6, 6.07) is 13.0. The largest absolute Gasteiger partial charge is 0.381 e. The third-order valence-corrected chi connectivity index (χ3v) is 7.93. The Morgan fingerprint density at radius 2 is 2.08 bits per heavy atom. The van der Waals surface area contributed by atoms with Crippen molar-refractivity contribution >= 4 is 34.1 Å². The SMILES string of the molecule is CN(Cc1ccc(Cl)c(C#N)c1)C(=O)Cn1cnc2ccc(N3CCCN(CC4CCOC4)CC3)cc2c1=O. The average molecular weight is 549 g/mol. The van der Waals surface area contributed by atoms with Crippen molar-refractivity contribution < 1.29 is 9.53 Å². The molecule has 0 saturated carbocycles. The van der Waals surface area contributed by atoms with E-state index in [4.69, 9.17) is 16.3 Å². The van der Waals surface area contributed by atoms with Crippen molar-refractivity contribution in [3.05, 3.63) is 69.2 Å². The Morgan fingerprint density at radius 3 is 2.87 bits per heavy atom. The molecule has 3 aromatic rings. The van der Waals surface area contributed by atoms with Crippen LogP contribution in [0.15, 0.2) is 47.5 Å². The molecule has 204 valence electrons. The van der Waals surface area contributed by atoms with Crippen molar-refractivity contribution in [1.29, 1.82) is 5.26 Å². The van der Waals surface area contributed by atoms with Crippen LogP contribution >= 0.6 is 11.6 Å². The van der Waals surface area contributed by atoms with Crippen LogP contribution in [0.3, 0.4) is 0 Å². The van der Waals surface area contributed by atoms with Gasteiger partial charge in [-0.15, -0.1) is 0 Å². The number of aromatic nitrogens is 2. The maximum Gasteiger partial charge on any atom is 0.261 e. The fourth-order valence-corrected chi connectivity index (χ4v) is 5.51. The molecule has 2 aliphatic rings. The first kappa shape index (κ1) is 27.1. The monoisotopic (exact) mass is 548 g/mol. The van der Waals surface area contributed by atoms with Crippen LogP contribution in [0, 0.1) is 17.2 Å². The van der Waals surface area contributed by atoms with Crippen LogP contribution in [0.25, 0.3) is 10.9 Å². The van der Waals surface area contributed by atoms with Crippen molar-refractivity contribution in [2.45, 2.75) is 25.9 Å². The normalized spacial score (nSPS) is 18.2. The highest BCUT2D eigenvalue weighted by Gasteiger charge is 2.22. The van der Waals surface area contributed by atoms with Gasteiger partial charge in [0.05, 0.1) is 34.4 Å². The number of ether oxygens (including phenoxy) is 1. The molecule has 10 heteroatoms. The summed E-state index contributed by atoms with van der Waals surface area (Å²) >= 11 is 6.02. The number of hydrogen-bond donors (Lipinski definition) is 0. The lowest BCUT2D eigenvalue weighted by Crippen LogP contribution is -2.34. The second kappa shape index (κ2) is 12.2. The number of rotatable bonds is 7. The summed E-state index contributed by atoms with van der Waals surface area (Å²) in [6.07, 6.45) is 3.64. The van der Waals surface area contributed by atoms with Gasteiger partial charge in [0.15, 0.2) is 0 Å². The molecule has 9 nitrogen and oxygen atoms in total. The third-order valence-electron chi connectivity index (χ3n) is 7.60. The summed E-state index contributed by atoms with van der Waals surface area (Å²) < 4.78 is 6.91. The maximum atomic E-state index is 13.4. The quantitative estimate of drug-likeness (QED) is 0.447. The lowest BCUT2D eigenvalue weighted by atomic mass is 10.1. The number of nitrogens with zero attached hydrogens (tertiary/aromatic N) is 6. The van der Waals surface area contributed by atoms with Crippen LogP contribution in [0.4, 0.5) is 5.69 Å². The van der Waals surface area contributed by atoms with Crippen LogP contribution in [0.5, 0.6) is 0 Å². The number of carbonyl (C=O) groups excluding carboxylic acids is 1. The van der Waals surface area contributed by atoms with Gasteiger partial charge in [0.1, 0.15) is 12.6 Å². The van der Waals surface area contributed by atoms with Crippen LogP contribution < -0.4 is 10.5 Å².